The van der Waals surface area contributed by atoms with E-state index < -0.39 is 0 Å². The van der Waals surface area contributed by atoms with E-state index in [1.165, 1.54) is 34.6 Å². The molecular formula is C13H15N3S. The lowest BCUT2D eigenvalue weighted by Gasteiger charge is -2.15. The first-order chi connectivity index (χ1) is 8.25. The Hall–Kier alpha value is -1.42. The van der Waals surface area contributed by atoms with Gasteiger partial charge in [-0.15, -0.1) is 11.8 Å². The molecule has 1 aromatic heterocycles. The van der Waals surface area contributed by atoms with Gasteiger partial charge in [0.2, 0.25) is 0 Å². The second-order valence-corrected chi connectivity index (χ2v) is 5.48. The highest BCUT2D eigenvalue weighted by Gasteiger charge is 2.13. The van der Waals surface area contributed by atoms with Crippen molar-refractivity contribution in [3.63, 3.8) is 0 Å². The molecule has 2 N–H and O–H groups in total. The standard InChI is InChI=1S/C13H15N3S/c1-16-13(14)11(8-15-16)10-5-4-9-3-2-6-17-12(9)7-10/h4-5,7-8H,2-3,6,14H2,1H3. The van der Waals surface area contributed by atoms with Crippen molar-refractivity contribution < 1.29 is 0 Å². The van der Waals surface area contributed by atoms with E-state index in [-0.39, 0.29) is 0 Å². The monoisotopic (exact) mass is 245 g/mol. The van der Waals surface area contributed by atoms with Gasteiger partial charge >= 0.3 is 0 Å². The Labute approximate surface area is 105 Å². The third-order valence-corrected chi connectivity index (χ3v) is 4.39. The van der Waals surface area contributed by atoms with E-state index in [1.54, 1.807) is 4.68 Å². The van der Waals surface area contributed by atoms with Crippen LogP contribution in [0.1, 0.15) is 12.0 Å². The van der Waals surface area contributed by atoms with Crippen molar-refractivity contribution in [2.75, 3.05) is 11.5 Å². The normalized spacial score (nSPS) is 14.6. The number of hydrogen-bond acceptors (Lipinski definition) is 3. The lowest BCUT2D eigenvalue weighted by atomic mass is 10.0. The van der Waals surface area contributed by atoms with Gasteiger partial charge in [-0.1, -0.05) is 12.1 Å². The first-order valence-electron chi connectivity index (χ1n) is 5.79. The third-order valence-electron chi connectivity index (χ3n) is 3.21. The summed E-state index contributed by atoms with van der Waals surface area (Å²) in [6, 6.07) is 6.62. The molecule has 3 rings (SSSR count). The minimum atomic E-state index is 0.728. The molecule has 0 saturated carbocycles. The van der Waals surface area contributed by atoms with E-state index >= 15 is 0 Å². The molecule has 17 heavy (non-hydrogen) atoms. The van der Waals surface area contributed by atoms with Crippen LogP contribution in [-0.2, 0) is 13.5 Å². The molecule has 0 amide bonds. The number of benzene rings is 1. The van der Waals surface area contributed by atoms with Crippen LogP contribution in [0.15, 0.2) is 29.3 Å². The van der Waals surface area contributed by atoms with Crippen LogP contribution in [0.25, 0.3) is 11.1 Å². The summed E-state index contributed by atoms with van der Waals surface area (Å²) in [6.07, 6.45) is 4.32. The summed E-state index contributed by atoms with van der Waals surface area (Å²) < 4.78 is 1.71. The van der Waals surface area contributed by atoms with Crippen LogP contribution in [0, 0.1) is 0 Å². The van der Waals surface area contributed by atoms with Gasteiger partial charge < -0.3 is 5.73 Å². The fourth-order valence-electron chi connectivity index (χ4n) is 2.18. The lowest BCUT2D eigenvalue weighted by molar-refractivity contribution is 0.779. The fraction of sp³-hybridized carbons (Fsp3) is 0.308. The number of nitrogen functional groups attached to an aromatic ring is 1. The summed E-state index contributed by atoms with van der Waals surface area (Å²) in [6.45, 7) is 0. The number of fused-ring (bicyclic) bond motifs is 1. The average Bonchev–Trinajstić information content (AvgIpc) is 2.70. The smallest absolute Gasteiger partial charge is 0.129 e. The summed E-state index contributed by atoms with van der Waals surface area (Å²) in [4.78, 5) is 1.40. The molecule has 0 fully saturated rings. The van der Waals surface area contributed by atoms with Gasteiger partial charge in [-0.05, 0) is 35.8 Å². The van der Waals surface area contributed by atoms with Gasteiger partial charge in [0.05, 0.1) is 6.20 Å². The number of nitrogens with zero attached hydrogens (tertiary/aromatic N) is 2. The first kappa shape index (κ1) is 10.7. The molecule has 0 spiro atoms. The molecule has 0 aliphatic carbocycles. The SMILES string of the molecule is Cn1ncc(-c2ccc3c(c2)SCCC3)c1N. The van der Waals surface area contributed by atoms with Gasteiger partial charge in [-0.25, -0.2) is 0 Å². The topological polar surface area (TPSA) is 43.8 Å². The number of nitrogens with two attached hydrogens (primary N) is 1. The summed E-state index contributed by atoms with van der Waals surface area (Å²) in [5, 5.41) is 4.19. The largest absolute Gasteiger partial charge is 0.383 e. The Kier molecular flexibility index (Phi) is 2.59. The molecule has 4 heteroatoms. The summed E-state index contributed by atoms with van der Waals surface area (Å²) in [7, 11) is 1.87. The van der Waals surface area contributed by atoms with E-state index in [1.807, 2.05) is 25.0 Å². The minimum Gasteiger partial charge on any atom is -0.383 e. The Morgan fingerprint density at radius 1 is 1.41 bits per heavy atom. The maximum absolute atomic E-state index is 6.00. The summed E-state index contributed by atoms with van der Waals surface area (Å²) >= 11 is 1.94. The molecule has 1 aliphatic heterocycles. The van der Waals surface area contributed by atoms with Crippen molar-refractivity contribution in [2.24, 2.45) is 7.05 Å². The zero-order valence-corrected chi connectivity index (χ0v) is 10.6. The average molecular weight is 245 g/mol. The predicted octanol–water partition coefficient (Wildman–Crippen LogP) is 2.71. The number of thioether (sulfide) groups is 1. The van der Waals surface area contributed by atoms with Crippen molar-refractivity contribution in [3.05, 3.63) is 30.0 Å². The molecule has 3 nitrogen and oxygen atoms in total. The van der Waals surface area contributed by atoms with Crippen molar-refractivity contribution in [1.29, 1.82) is 0 Å². The number of hydrogen-bond donors (Lipinski definition) is 1. The van der Waals surface area contributed by atoms with Gasteiger partial charge in [0.15, 0.2) is 0 Å². The molecule has 2 heterocycles. The van der Waals surface area contributed by atoms with Crippen molar-refractivity contribution in [1.82, 2.24) is 9.78 Å². The Morgan fingerprint density at radius 3 is 3.06 bits per heavy atom. The van der Waals surface area contributed by atoms with E-state index in [4.69, 9.17) is 5.73 Å². The fourth-order valence-corrected chi connectivity index (χ4v) is 3.25. The van der Waals surface area contributed by atoms with Crippen LogP contribution >= 0.6 is 11.8 Å². The van der Waals surface area contributed by atoms with Crippen LogP contribution in [-0.4, -0.2) is 15.5 Å². The zero-order valence-electron chi connectivity index (χ0n) is 9.81. The van der Waals surface area contributed by atoms with Crippen molar-refractivity contribution >= 4 is 17.6 Å². The molecular weight excluding hydrogens is 230 g/mol. The third kappa shape index (κ3) is 1.82. The van der Waals surface area contributed by atoms with Crippen molar-refractivity contribution in [3.8, 4) is 11.1 Å². The molecule has 0 saturated heterocycles. The highest BCUT2D eigenvalue weighted by atomic mass is 32.2. The summed E-state index contributed by atoms with van der Waals surface area (Å²) in [5.41, 5.74) is 9.67. The van der Waals surface area contributed by atoms with Crippen LogP contribution in [0.5, 0.6) is 0 Å². The highest BCUT2D eigenvalue weighted by molar-refractivity contribution is 7.99. The Morgan fingerprint density at radius 2 is 2.29 bits per heavy atom. The predicted molar refractivity (Wildman–Crippen MR) is 72.1 cm³/mol. The second kappa shape index (κ2) is 4.11. The van der Waals surface area contributed by atoms with Crippen molar-refractivity contribution in [2.45, 2.75) is 17.7 Å². The van der Waals surface area contributed by atoms with E-state index in [2.05, 4.69) is 23.3 Å². The van der Waals surface area contributed by atoms with Crippen LogP contribution in [0.3, 0.4) is 0 Å². The number of rotatable bonds is 1. The molecule has 1 aliphatic rings. The van der Waals surface area contributed by atoms with E-state index in [9.17, 15) is 0 Å². The molecule has 88 valence electrons. The van der Waals surface area contributed by atoms with E-state index in [0.717, 1.165) is 11.4 Å². The molecule has 0 unspecified atom stereocenters. The maximum Gasteiger partial charge on any atom is 0.129 e. The van der Waals surface area contributed by atoms with Gasteiger partial charge in [0, 0.05) is 17.5 Å². The highest BCUT2D eigenvalue weighted by Crippen LogP contribution is 2.34. The maximum atomic E-state index is 6.00. The van der Waals surface area contributed by atoms with Gasteiger partial charge in [0.25, 0.3) is 0 Å². The van der Waals surface area contributed by atoms with Crippen LogP contribution < -0.4 is 5.73 Å². The molecule has 1 aromatic carbocycles. The van der Waals surface area contributed by atoms with Crippen LogP contribution in [0.2, 0.25) is 0 Å². The Balaban J connectivity index is 2.07. The van der Waals surface area contributed by atoms with Gasteiger partial charge in [-0.3, -0.25) is 4.68 Å². The first-order valence-corrected chi connectivity index (χ1v) is 6.78. The van der Waals surface area contributed by atoms with E-state index in [0.29, 0.717) is 0 Å². The minimum absolute atomic E-state index is 0.728. The lowest BCUT2D eigenvalue weighted by Crippen LogP contribution is -2.00. The second-order valence-electron chi connectivity index (χ2n) is 4.34. The molecule has 2 aromatic rings. The molecule has 0 radical (unpaired) electrons. The van der Waals surface area contributed by atoms with Gasteiger partial charge in [-0.2, -0.15) is 5.10 Å². The molecule has 0 atom stereocenters. The quantitative estimate of drug-likeness (QED) is 0.840. The van der Waals surface area contributed by atoms with Gasteiger partial charge in [0.1, 0.15) is 5.82 Å². The van der Waals surface area contributed by atoms with Crippen LogP contribution in [0.4, 0.5) is 5.82 Å². The summed E-state index contributed by atoms with van der Waals surface area (Å²) in [5.74, 6) is 1.95. The molecule has 0 bridgehead atoms. The number of anilines is 1. The number of aromatic nitrogens is 2. The zero-order chi connectivity index (χ0) is 11.8. The Bertz CT molecular complexity index is 560. The number of aryl methyl sites for hydroxylation is 2.